The van der Waals surface area contributed by atoms with E-state index in [1.807, 2.05) is 25.7 Å². The lowest BCUT2D eigenvalue weighted by molar-refractivity contribution is -0.139. The molecule has 0 spiro atoms. The second-order valence-corrected chi connectivity index (χ2v) is 4.66. The number of thiazole rings is 1. The van der Waals surface area contributed by atoms with E-state index in [0.29, 0.717) is 0 Å². The van der Waals surface area contributed by atoms with E-state index in [1.165, 1.54) is 0 Å². The van der Waals surface area contributed by atoms with Gasteiger partial charge in [-0.3, -0.25) is 14.7 Å². The number of hydrogen-bond donors (Lipinski definition) is 1. The number of hydrogen-bond acceptors (Lipinski definition) is 4. The fourth-order valence-corrected chi connectivity index (χ4v) is 2.22. The van der Waals surface area contributed by atoms with Crippen LogP contribution in [0.4, 0.5) is 0 Å². The number of carboxylic acid groups (broad SMARTS) is 1. The van der Waals surface area contributed by atoms with Crippen molar-refractivity contribution in [2.45, 2.75) is 32.9 Å². The van der Waals surface area contributed by atoms with E-state index in [4.69, 9.17) is 5.11 Å². The van der Waals surface area contributed by atoms with Gasteiger partial charge < -0.3 is 5.11 Å². The molecule has 84 valence electrons. The van der Waals surface area contributed by atoms with E-state index in [1.54, 1.807) is 23.0 Å². The maximum Gasteiger partial charge on any atom is 0.317 e. The van der Waals surface area contributed by atoms with Crippen molar-refractivity contribution in [2.75, 3.05) is 6.54 Å². The van der Waals surface area contributed by atoms with Crippen LogP contribution in [0.2, 0.25) is 0 Å². The highest BCUT2D eigenvalue weighted by molar-refractivity contribution is 7.09. The summed E-state index contributed by atoms with van der Waals surface area (Å²) in [6, 6.07) is 0.312. The minimum Gasteiger partial charge on any atom is -0.480 e. The molecule has 0 saturated heterocycles. The van der Waals surface area contributed by atoms with Gasteiger partial charge in [-0.1, -0.05) is 0 Å². The predicted octanol–water partition coefficient (Wildman–Crippen LogP) is 2.00. The van der Waals surface area contributed by atoms with Crippen molar-refractivity contribution in [3.8, 4) is 0 Å². The molecule has 0 bridgehead atoms. The van der Waals surface area contributed by atoms with Gasteiger partial charge in [0.25, 0.3) is 0 Å². The van der Waals surface area contributed by atoms with Crippen molar-refractivity contribution in [1.29, 1.82) is 0 Å². The molecule has 0 aliphatic heterocycles. The normalized spacial score (nSPS) is 13.4. The van der Waals surface area contributed by atoms with Crippen LogP contribution in [0.5, 0.6) is 0 Å². The molecule has 0 saturated carbocycles. The van der Waals surface area contributed by atoms with Gasteiger partial charge in [0.1, 0.15) is 0 Å². The molecular weight excluding hydrogens is 212 g/mol. The monoisotopic (exact) mass is 228 g/mol. The molecule has 4 nitrogen and oxygen atoms in total. The average Bonchev–Trinajstić information content (AvgIpc) is 2.65. The van der Waals surface area contributed by atoms with E-state index >= 15 is 0 Å². The van der Waals surface area contributed by atoms with Crippen molar-refractivity contribution in [3.05, 3.63) is 16.6 Å². The molecule has 1 atom stereocenters. The fourth-order valence-electron chi connectivity index (χ4n) is 1.52. The van der Waals surface area contributed by atoms with Crippen molar-refractivity contribution in [2.24, 2.45) is 0 Å². The molecule has 0 aliphatic carbocycles. The topological polar surface area (TPSA) is 53.4 Å². The molecule has 0 aliphatic rings. The molecule has 5 heteroatoms. The number of carboxylic acids is 1. The van der Waals surface area contributed by atoms with Gasteiger partial charge in [0.05, 0.1) is 12.1 Å². The molecular formula is C10H16N2O2S. The van der Waals surface area contributed by atoms with E-state index < -0.39 is 5.97 Å². The van der Waals surface area contributed by atoms with Crippen LogP contribution in [0.25, 0.3) is 0 Å². The van der Waals surface area contributed by atoms with Crippen LogP contribution in [0.1, 0.15) is 31.7 Å². The second kappa shape index (κ2) is 5.23. The van der Waals surface area contributed by atoms with Gasteiger partial charge in [0, 0.05) is 23.2 Å². The first-order valence-corrected chi connectivity index (χ1v) is 5.76. The van der Waals surface area contributed by atoms with Crippen LogP contribution in [-0.2, 0) is 4.79 Å². The van der Waals surface area contributed by atoms with Crippen LogP contribution in [0.15, 0.2) is 11.7 Å². The van der Waals surface area contributed by atoms with Crippen LogP contribution < -0.4 is 0 Å². The summed E-state index contributed by atoms with van der Waals surface area (Å²) in [5.74, 6) is -0.792. The maximum absolute atomic E-state index is 10.7. The molecule has 0 amide bonds. The Morgan fingerprint density at radius 3 is 2.67 bits per heavy atom. The highest BCUT2D eigenvalue weighted by atomic mass is 32.1. The Morgan fingerprint density at radius 2 is 2.27 bits per heavy atom. The fraction of sp³-hybridized carbons (Fsp3) is 0.600. The van der Waals surface area contributed by atoms with Gasteiger partial charge in [-0.25, -0.2) is 0 Å². The van der Waals surface area contributed by atoms with E-state index in [0.717, 1.165) is 4.88 Å². The zero-order chi connectivity index (χ0) is 11.4. The van der Waals surface area contributed by atoms with Crippen LogP contribution in [0, 0.1) is 0 Å². The zero-order valence-electron chi connectivity index (χ0n) is 9.17. The molecule has 1 unspecified atom stereocenters. The number of carbonyl (C=O) groups is 1. The summed E-state index contributed by atoms with van der Waals surface area (Å²) in [5, 5.41) is 8.83. The summed E-state index contributed by atoms with van der Waals surface area (Å²) in [6.07, 6.45) is 1.80. The highest BCUT2D eigenvalue weighted by Crippen LogP contribution is 2.24. The molecule has 1 N–H and O–H groups in total. The molecule has 0 fully saturated rings. The predicted molar refractivity (Wildman–Crippen MR) is 60.0 cm³/mol. The van der Waals surface area contributed by atoms with Gasteiger partial charge in [-0.05, 0) is 20.8 Å². The first-order valence-electron chi connectivity index (χ1n) is 4.88. The Kier molecular flexibility index (Phi) is 4.23. The smallest absolute Gasteiger partial charge is 0.317 e. The summed E-state index contributed by atoms with van der Waals surface area (Å²) in [4.78, 5) is 17.8. The van der Waals surface area contributed by atoms with Crippen LogP contribution in [-0.4, -0.2) is 33.5 Å². The Bertz CT molecular complexity index is 311. The molecule has 1 rings (SSSR count). The van der Waals surface area contributed by atoms with E-state index in [2.05, 4.69) is 4.98 Å². The number of rotatable bonds is 5. The quantitative estimate of drug-likeness (QED) is 0.837. The van der Waals surface area contributed by atoms with Gasteiger partial charge in [0.2, 0.25) is 0 Å². The zero-order valence-corrected chi connectivity index (χ0v) is 9.99. The van der Waals surface area contributed by atoms with Crippen molar-refractivity contribution < 1.29 is 9.90 Å². The van der Waals surface area contributed by atoms with Gasteiger partial charge in [0.15, 0.2) is 0 Å². The van der Waals surface area contributed by atoms with Crippen molar-refractivity contribution >= 4 is 17.3 Å². The lowest BCUT2D eigenvalue weighted by atomic mass is 10.2. The Labute approximate surface area is 93.6 Å². The SMILES string of the molecule is CC(C)N(CC(=O)O)C(C)c1cncs1. The van der Waals surface area contributed by atoms with Crippen LogP contribution >= 0.6 is 11.3 Å². The molecule has 0 radical (unpaired) electrons. The first-order chi connectivity index (χ1) is 7.02. The van der Waals surface area contributed by atoms with Crippen molar-refractivity contribution in [1.82, 2.24) is 9.88 Å². The summed E-state index contributed by atoms with van der Waals surface area (Å²) >= 11 is 1.56. The standard InChI is InChI=1S/C10H16N2O2S/c1-7(2)12(5-10(13)14)8(3)9-4-11-6-15-9/h4,6-8H,5H2,1-3H3,(H,13,14). The van der Waals surface area contributed by atoms with Crippen molar-refractivity contribution in [3.63, 3.8) is 0 Å². The van der Waals surface area contributed by atoms with E-state index in [-0.39, 0.29) is 18.6 Å². The molecule has 15 heavy (non-hydrogen) atoms. The summed E-state index contributed by atoms with van der Waals surface area (Å²) in [7, 11) is 0. The lowest BCUT2D eigenvalue weighted by Crippen LogP contribution is -2.37. The lowest BCUT2D eigenvalue weighted by Gasteiger charge is -2.30. The minimum absolute atomic E-state index is 0.0662. The minimum atomic E-state index is -0.792. The van der Waals surface area contributed by atoms with Gasteiger partial charge in [-0.2, -0.15) is 0 Å². The molecule has 1 aromatic rings. The van der Waals surface area contributed by atoms with Crippen LogP contribution in [0.3, 0.4) is 0 Å². The Morgan fingerprint density at radius 1 is 1.60 bits per heavy atom. The summed E-state index contributed by atoms with van der Waals surface area (Å²) < 4.78 is 0. The molecule has 0 aromatic carbocycles. The number of nitrogens with zero attached hydrogens (tertiary/aromatic N) is 2. The third-order valence-corrected chi connectivity index (χ3v) is 3.29. The largest absolute Gasteiger partial charge is 0.480 e. The Balaban J connectivity index is 2.76. The maximum atomic E-state index is 10.7. The second-order valence-electron chi connectivity index (χ2n) is 3.74. The summed E-state index contributed by atoms with van der Waals surface area (Å²) in [6.45, 7) is 6.08. The van der Waals surface area contributed by atoms with Gasteiger partial charge in [-0.15, -0.1) is 11.3 Å². The third kappa shape index (κ3) is 3.28. The number of aromatic nitrogens is 1. The Hall–Kier alpha value is -0.940. The average molecular weight is 228 g/mol. The third-order valence-electron chi connectivity index (χ3n) is 2.34. The highest BCUT2D eigenvalue weighted by Gasteiger charge is 2.21. The molecule has 1 heterocycles. The summed E-state index contributed by atoms with van der Waals surface area (Å²) in [5.41, 5.74) is 1.77. The number of aliphatic carboxylic acids is 1. The van der Waals surface area contributed by atoms with Gasteiger partial charge >= 0.3 is 5.97 Å². The van der Waals surface area contributed by atoms with E-state index in [9.17, 15) is 4.79 Å². The molecule has 1 aromatic heterocycles. The first kappa shape index (κ1) is 12.1.